The summed E-state index contributed by atoms with van der Waals surface area (Å²) in [5.41, 5.74) is 6.71. The third kappa shape index (κ3) is 4.63. The van der Waals surface area contributed by atoms with Gasteiger partial charge in [0, 0.05) is 17.0 Å². The average molecular weight is 285 g/mol. The SMILES string of the molecule is CC(C)(C)CC(=O)Nc1cc(Cl)ccc1C(N)=S. The lowest BCUT2D eigenvalue weighted by molar-refractivity contribution is -0.117. The van der Waals surface area contributed by atoms with Crippen molar-refractivity contribution >= 4 is 40.4 Å². The summed E-state index contributed by atoms with van der Waals surface area (Å²) in [4.78, 5) is 12.1. The number of nitrogens with two attached hydrogens (primary N) is 1. The van der Waals surface area contributed by atoms with Gasteiger partial charge in [-0.25, -0.2) is 0 Å². The molecule has 0 fully saturated rings. The Labute approximate surface area is 118 Å². The van der Waals surface area contributed by atoms with Crippen LogP contribution in [0.25, 0.3) is 0 Å². The van der Waals surface area contributed by atoms with E-state index < -0.39 is 0 Å². The Kier molecular flexibility index (Phi) is 4.71. The molecule has 0 heterocycles. The highest BCUT2D eigenvalue weighted by molar-refractivity contribution is 7.80. The van der Waals surface area contributed by atoms with Gasteiger partial charge in [-0.3, -0.25) is 4.79 Å². The summed E-state index contributed by atoms with van der Waals surface area (Å²) >= 11 is 10.8. The van der Waals surface area contributed by atoms with Gasteiger partial charge >= 0.3 is 0 Å². The molecule has 0 aromatic heterocycles. The zero-order valence-electron chi connectivity index (χ0n) is 10.7. The first-order valence-corrected chi connectivity index (χ1v) is 6.37. The van der Waals surface area contributed by atoms with E-state index >= 15 is 0 Å². The van der Waals surface area contributed by atoms with Gasteiger partial charge in [-0.15, -0.1) is 0 Å². The van der Waals surface area contributed by atoms with Crippen LogP contribution >= 0.6 is 23.8 Å². The van der Waals surface area contributed by atoms with E-state index in [0.717, 1.165) is 0 Å². The molecule has 0 saturated heterocycles. The van der Waals surface area contributed by atoms with Gasteiger partial charge in [0.25, 0.3) is 0 Å². The molecule has 1 aromatic rings. The Balaban J connectivity index is 2.93. The van der Waals surface area contributed by atoms with Gasteiger partial charge in [-0.05, 0) is 23.6 Å². The number of anilines is 1. The maximum Gasteiger partial charge on any atom is 0.224 e. The smallest absolute Gasteiger partial charge is 0.224 e. The number of nitrogens with one attached hydrogen (secondary N) is 1. The van der Waals surface area contributed by atoms with Crippen LogP contribution in [0, 0.1) is 5.41 Å². The van der Waals surface area contributed by atoms with Crippen LogP contribution in [0.15, 0.2) is 18.2 Å². The van der Waals surface area contributed by atoms with Crippen molar-refractivity contribution in [1.29, 1.82) is 0 Å². The number of hydrogen-bond donors (Lipinski definition) is 2. The lowest BCUT2D eigenvalue weighted by Gasteiger charge is -2.18. The van der Waals surface area contributed by atoms with E-state index in [4.69, 9.17) is 29.6 Å². The van der Waals surface area contributed by atoms with E-state index in [1.54, 1.807) is 18.2 Å². The zero-order valence-corrected chi connectivity index (χ0v) is 12.3. The fourth-order valence-electron chi connectivity index (χ4n) is 1.51. The highest BCUT2D eigenvalue weighted by atomic mass is 35.5. The van der Waals surface area contributed by atoms with Crippen LogP contribution in [0.4, 0.5) is 5.69 Å². The molecule has 0 aliphatic heterocycles. The minimum Gasteiger partial charge on any atom is -0.389 e. The van der Waals surface area contributed by atoms with Gasteiger partial charge in [0.2, 0.25) is 5.91 Å². The molecule has 0 unspecified atom stereocenters. The maximum atomic E-state index is 11.9. The third-order valence-corrected chi connectivity index (χ3v) is 2.67. The minimum absolute atomic E-state index is 0.0773. The van der Waals surface area contributed by atoms with Crippen molar-refractivity contribution in [2.24, 2.45) is 11.1 Å². The van der Waals surface area contributed by atoms with E-state index in [2.05, 4.69) is 5.32 Å². The van der Waals surface area contributed by atoms with Crippen LogP contribution in [-0.2, 0) is 4.79 Å². The number of carbonyl (C=O) groups excluding carboxylic acids is 1. The van der Waals surface area contributed by atoms with Gasteiger partial charge in [0.05, 0.1) is 5.69 Å². The number of halogens is 1. The fourth-order valence-corrected chi connectivity index (χ4v) is 1.86. The molecule has 0 radical (unpaired) electrons. The average Bonchev–Trinajstić information content (AvgIpc) is 2.13. The largest absolute Gasteiger partial charge is 0.389 e. The highest BCUT2D eigenvalue weighted by Gasteiger charge is 2.17. The van der Waals surface area contributed by atoms with Crippen LogP contribution in [0.5, 0.6) is 0 Å². The molecule has 0 spiro atoms. The maximum absolute atomic E-state index is 11.9. The molecule has 1 aromatic carbocycles. The molecule has 0 atom stereocenters. The molecule has 0 saturated carbocycles. The van der Waals surface area contributed by atoms with Crippen LogP contribution in [0.2, 0.25) is 5.02 Å². The van der Waals surface area contributed by atoms with Gasteiger partial charge in [0.1, 0.15) is 4.99 Å². The van der Waals surface area contributed by atoms with E-state index in [-0.39, 0.29) is 16.3 Å². The summed E-state index contributed by atoms with van der Waals surface area (Å²) in [5, 5.41) is 3.33. The minimum atomic E-state index is -0.0812. The molecule has 98 valence electrons. The standard InChI is InChI=1S/C13H17ClN2OS/c1-13(2,3)7-11(17)16-10-6-8(14)4-5-9(10)12(15)18/h4-6H,7H2,1-3H3,(H2,15,18)(H,16,17). The van der Waals surface area contributed by atoms with E-state index in [1.165, 1.54) is 0 Å². The van der Waals surface area contributed by atoms with Crippen molar-refractivity contribution in [2.45, 2.75) is 27.2 Å². The molecule has 3 nitrogen and oxygen atoms in total. The fraction of sp³-hybridized carbons (Fsp3) is 0.385. The molecule has 5 heteroatoms. The summed E-state index contributed by atoms with van der Waals surface area (Å²) in [6.45, 7) is 6.00. The Morgan fingerprint density at radius 3 is 2.56 bits per heavy atom. The molecule has 3 N–H and O–H groups in total. The van der Waals surface area contributed by atoms with Crippen LogP contribution < -0.4 is 11.1 Å². The third-order valence-electron chi connectivity index (χ3n) is 2.21. The van der Waals surface area contributed by atoms with Crippen molar-refractivity contribution < 1.29 is 4.79 Å². The molecular weight excluding hydrogens is 268 g/mol. The van der Waals surface area contributed by atoms with E-state index in [9.17, 15) is 4.79 Å². The van der Waals surface area contributed by atoms with Crippen molar-refractivity contribution in [1.82, 2.24) is 0 Å². The van der Waals surface area contributed by atoms with Gasteiger partial charge in [0.15, 0.2) is 0 Å². The topological polar surface area (TPSA) is 55.1 Å². The second-order valence-electron chi connectivity index (χ2n) is 5.34. The zero-order chi connectivity index (χ0) is 13.9. The molecular formula is C13H17ClN2OS. The first-order valence-electron chi connectivity index (χ1n) is 5.58. The second kappa shape index (κ2) is 5.67. The first-order chi connectivity index (χ1) is 8.19. The number of amides is 1. The van der Waals surface area contributed by atoms with Crippen LogP contribution in [0.1, 0.15) is 32.8 Å². The number of thiocarbonyl (C=S) groups is 1. The first kappa shape index (κ1) is 14.9. The van der Waals surface area contributed by atoms with Crippen molar-refractivity contribution in [3.8, 4) is 0 Å². The lowest BCUT2D eigenvalue weighted by atomic mass is 9.92. The van der Waals surface area contributed by atoms with Crippen molar-refractivity contribution in [2.75, 3.05) is 5.32 Å². The summed E-state index contributed by atoms with van der Waals surface area (Å²) < 4.78 is 0. The monoisotopic (exact) mass is 284 g/mol. The molecule has 0 bridgehead atoms. The van der Waals surface area contributed by atoms with Crippen LogP contribution in [0.3, 0.4) is 0 Å². The quantitative estimate of drug-likeness (QED) is 0.837. The van der Waals surface area contributed by atoms with Crippen molar-refractivity contribution in [3.05, 3.63) is 28.8 Å². The van der Waals surface area contributed by atoms with Gasteiger partial charge in [-0.2, -0.15) is 0 Å². The predicted octanol–water partition coefficient (Wildman–Crippen LogP) is 3.35. The normalized spacial score (nSPS) is 11.1. The van der Waals surface area contributed by atoms with Gasteiger partial charge in [-0.1, -0.05) is 44.6 Å². The molecule has 1 rings (SSSR count). The number of carbonyl (C=O) groups is 1. The number of benzene rings is 1. The van der Waals surface area contributed by atoms with Gasteiger partial charge < -0.3 is 11.1 Å². The lowest BCUT2D eigenvalue weighted by Crippen LogP contribution is -2.22. The molecule has 1 amide bonds. The number of hydrogen-bond acceptors (Lipinski definition) is 2. The molecule has 0 aliphatic rings. The summed E-state index contributed by atoms with van der Waals surface area (Å²) in [6.07, 6.45) is 0.413. The Morgan fingerprint density at radius 2 is 2.06 bits per heavy atom. The number of rotatable bonds is 3. The Bertz CT molecular complexity index is 480. The van der Waals surface area contributed by atoms with Crippen LogP contribution in [-0.4, -0.2) is 10.9 Å². The van der Waals surface area contributed by atoms with E-state index in [0.29, 0.717) is 22.7 Å². The molecule has 18 heavy (non-hydrogen) atoms. The van der Waals surface area contributed by atoms with E-state index in [1.807, 2.05) is 20.8 Å². The second-order valence-corrected chi connectivity index (χ2v) is 6.22. The predicted molar refractivity (Wildman–Crippen MR) is 80.0 cm³/mol. The summed E-state index contributed by atoms with van der Waals surface area (Å²) in [6, 6.07) is 5.05. The van der Waals surface area contributed by atoms with Crippen molar-refractivity contribution in [3.63, 3.8) is 0 Å². The Morgan fingerprint density at radius 1 is 1.44 bits per heavy atom. The summed E-state index contributed by atoms with van der Waals surface area (Å²) in [5.74, 6) is -0.0812. The molecule has 0 aliphatic carbocycles. The highest BCUT2D eigenvalue weighted by Crippen LogP contribution is 2.23. The Hall–Kier alpha value is -1.13. The summed E-state index contributed by atoms with van der Waals surface area (Å²) in [7, 11) is 0.